The molecule has 18 heavy (non-hydrogen) atoms. The van der Waals surface area contributed by atoms with Crippen LogP contribution in [0, 0.1) is 0 Å². The van der Waals surface area contributed by atoms with Crippen LogP contribution in [-0.4, -0.2) is 39.7 Å². The number of ether oxygens (including phenoxy) is 1. The summed E-state index contributed by atoms with van der Waals surface area (Å²) in [6, 6.07) is 1.08. The molecule has 5 heteroatoms. The molecule has 1 N–H and O–H groups in total. The van der Waals surface area contributed by atoms with Gasteiger partial charge in [0.1, 0.15) is 11.9 Å². The SMILES string of the molecule is Cn1ccnc1[C@H]1OCCC[C@@H]1NC1CCSC1. The molecule has 0 spiro atoms. The number of imidazole rings is 1. The summed E-state index contributed by atoms with van der Waals surface area (Å²) in [5, 5.41) is 3.78. The third-order valence-corrected chi connectivity index (χ3v) is 4.98. The van der Waals surface area contributed by atoms with Crippen LogP contribution in [0.25, 0.3) is 0 Å². The molecule has 2 aliphatic rings. The summed E-state index contributed by atoms with van der Waals surface area (Å²) in [6.07, 6.45) is 7.60. The lowest BCUT2D eigenvalue weighted by Crippen LogP contribution is -2.45. The van der Waals surface area contributed by atoms with Crippen LogP contribution in [0.1, 0.15) is 31.2 Å². The molecule has 3 heterocycles. The third-order valence-electron chi connectivity index (χ3n) is 3.81. The number of hydrogen-bond acceptors (Lipinski definition) is 4. The van der Waals surface area contributed by atoms with Crippen LogP contribution in [0.15, 0.2) is 12.4 Å². The Morgan fingerprint density at radius 3 is 3.17 bits per heavy atom. The number of nitrogens with one attached hydrogen (secondary N) is 1. The highest BCUT2D eigenvalue weighted by Crippen LogP contribution is 2.29. The predicted molar refractivity (Wildman–Crippen MR) is 73.8 cm³/mol. The topological polar surface area (TPSA) is 39.1 Å². The van der Waals surface area contributed by atoms with Gasteiger partial charge in [-0.1, -0.05) is 0 Å². The third kappa shape index (κ3) is 2.58. The van der Waals surface area contributed by atoms with Crippen molar-refractivity contribution in [3.05, 3.63) is 18.2 Å². The van der Waals surface area contributed by atoms with Gasteiger partial charge in [0.15, 0.2) is 0 Å². The average molecular weight is 267 g/mol. The number of aryl methyl sites for hydroxylation is 1. The van der Waals surface area contributed by atoms with Gasteiger partial charge in [0.2, 0.25) is 0 Å². The van der Waals surface area contributed by atoms with E-state index in [1.165, 1.54) is 24.3 Å². The van der Waals surface area contributed by atoms with Crippen molar-refractivity contribution in [2.45, 2.75) is 37.5 Å². The smallest absolute Gasteiger partial charge is 0.139 e. The van der Waals surface area contributed by atoms with Crippen LogP contribution in [0.5, 0.6) is 0 Å². The lowest BCUT2D eigenvalue weighted by molar-refractivity contribution is -0.0196. The largest absolute Gasteiger partial charge is 0.369 e. The van der Waals surface area contributed by atoms with E-state index in [1.807, 2.05) is 31.2 Å². The van der Waals surface area contributed by atoms with Crippen molar-refractivity contribution in [3.8, 4) is 0 Å². The van der Waals surface area contributed by atoms with Gasteiger partial charge >= 0.3 is 0 Å². The fraction of sp³-hybridized carbons (Fsp3) is 0.769. The van der Waals surface area contributed by atoms with Gasteiger partial charge in [-0.25, -0.2) is 4.98 Å². The Balaban J connectivity index is 1.71. The van der Waals surface area contributed by atoms with E-state index in [4.69, 9.17) is 4.74 Å². The van der Waals surface area contributed by atoms with Gasteiger partial charge in [0.05, 0.1) is 0 Å². The molecular formula is C13H21N3OS. The normalized spacial score (nSPS) is 32.8. The molecule has 0 amide bonds. The van der Waals surface area contributed by atoms with Gasteiger partial charge < -0.3 is 14.6 Å². The number of aromatic nitrogens is 2. The molecule has 0 aliphatic carbocycles. The van der Waals surface area contributed by atoms with Crippen LogP contribution in [-0.2, 0) is 11.8 Å². The van der Waals surface area contributed by atoms with Crippen molar-refractivity contribution in [1.29, 1.82) is 0 Å². The van der Waals surface area contributed by atoms with E-state index in [0.29, 0.717) is 12.1 Å². The zero-order valence-electron chi connectivity index (χ0n) is 10.8. The second-order valence-corrected chi connectivity index (χ2v) is 6.31. The van der Waals surface area contributed by atoms with Crippen molar-refractivity contribution >= 4 is 11.8 Å². The first-order valence-electron chi connectivity index (χ1n) is 6.77. The van der Waals surface area contributed by atoms with E-state index in [9.17, 15) is 0 Å². The van der Waals surface area contributed by atoms with Crippen LogP contribution in [0.3, 0.4) is 0 Å². The molecule has 4 nitrogen and oxygen atoms in total. The first-order valence-corrected chi connectivity index (χ1v) is 7.92. The molecule has 1 unspecified atom stereocenters. The maximum Gasteiger partial charge on any atom is 0.139 e. The highest BCUT2D eigenvalue weighted by atomic mass is 32.2. The minimum atomic E-state index is 0.115. The quantitative estimate of drug-likeness (QED) is 0.905. The van der Waals surface area contributed by atoms with Crippen LogP contribution < -0.4 is 5.32 Å². The molecule has 3 rings (SSSR count). The summed E-state index contributed by atoms with van der Waals surface area (Å²) < 4.78 is 8.05. The minimum Gasteiger partial charge on any atom is -0.369 e. The molecule has 2 aliphatic heterocycles. The first kappa shape index (κ1) is 12.5. The number of nitrogens with zero attached hydrogens (tertiary/aromatic N) is 2. The fourth-order valence-corrected chi connectivity index (χ4v) is 3.99. The standard InChI is InChI=1S/C13H21N3OS/c1-16-6-5-14-13(16)12-11(3-2-7-17-12)15-10-4-8-18-9-10/h5-6,10-12,15H,2-4,7-9H2,1H3/t10?,11-,12-/m0/s1. The number of rotatable bonds is 3. The monoisotopic (exact) mass is 267 g/mol. The van der Waals surface area contributed by atoms with Crippen molar-refractivity contribution in [1.82, 2.24) is 14.9 Å². The van der Waals surface area contributed by atoms with Crippen molar-refractivity contribution in [2.75, 3.05) is 18.1 Å². The Bertz CT molecular complexity index is 389. The van der Waals surface area contributed by atoms with E-state index in [1.54, 1.807) is 0 Å². The minimum absolute atomic E-state index is 0.115. The van der Waals surface area contributed by atoms with Crippen LogP contribution >= 0.6 is 11.8 Å². The molecule has 1 aromatic heterocycles. The molecule has 0 saturated carbocycles. The van der Waals surface area contributed by atoms with Gasteiger partial charge in [-0.2, -0.15) is 11.8 Å². The Hall–Kier alpha value is -0.520. The molecular weight excluding hydrogens is 246 g/mol. The molecule has 0 aromatic carbocycles. The maximum atomic E-state index is 5.97. The summed E-state index contributed by atoms with van der Waals surface area (Å²) in [5.41, 5.74) is 0. The van der Waals surface area contributed by atoms with E-state index < -0.39 is 0 Å². The van der Waals surface area contributed by atoms with Crippen LogP contribution in [0.4, 0.5) is 0 Å². The second-order valence-electron chi connectivity index (χ2n) is 5.16. The summed E-state index contributed by atoms with van der Waals surface area (Å²) in [6.45, 7) is 0.856. The Kier molecular flexibility index (Phi) is 3.91. The van der Waals surface area contributed by atoms with Gasteiger partial charge in [-0.3, -0.25) is 0 Å². The summed E-state index contributed by atoms with van der Waals surface area (Å²) in [7, 11) is 2.04. The van der Waals surface area contributed by atoms with Crippen molar-refractivity contribution in [3.63, 3.8) is 0 Å². The molecule has 1 aromatic rings. The van der Waals surface area contributed by atoms with Gasteiger partial charge in [0, 0.05) is 43.9 Å². The molecule has 3 atom stereocenters. The van der Waals surface area contributed by atoms with Gasteiger partial charge in [-0.15, -0.1) is 0 Å². The zero-order chi connectivity index (χ0) is 12.4. The highest BCUT2D eigenvalue weighted by molar-refractivity contribution is 7.99. The Morgan fingerprint density at radius 2 is 2.44 bits per heavy atom. The van der Waals surface area contributed by atoms with Gasteiger partial charge in [0.25, 0.3) is 0 Å². The molecule has 100 valence electrons. The Labute approximate surface area is 112 Å². The summed E-state index contributed by atoms with van der Waals surface area (Å²) >= 11 is 2.05. The predicted octanol–water partition coefficient (Wildman–Crippen LogP) is 1.74. The lowest BCUT2D eigenvalue weighted by atomic mass is 10.0. The van der Waals surface area contributed by atoms with E-state index in [-0.39, 0.29) is 6.10 Å². The summed E-state index contributed by atoms with van der Waals surface area (Å²) in [5.74, 6) is 3.58. The molecule has 2 fully saturated rings. The summed E-state index contributed by atoms with van der Waals surface area (Å²) in [4.78, 5) is 4.46. The number of hydrogen-bond donors (Lipinski definition) is 1. The zero-order valence-corrected chi connectivity index (χ0v) is 11.7. The average Bonchev–Trinajstić information content (AvgIpc) is 3.02. The molecule has 0 bridgehead atoms. The van der Waals surface area contributed by atoms with Gasteiger partial charge in [-0.05, 0) is 25.0 Å². The van der Waals surface area contributed by atoms with E-state index in [2.05, 4.69) is 14.9 Å². The second kappa shape index (κ2) is 5.63. The Morgan fingerprint density at radius 1 is 1.50 bits per heavy atom. The fourth-order valence-electron chi connectivity index (χ4n) is 2.83. The lowest BCUT2D eigenvalue weighted by Gasteiger charge is -2.33. The molecule has 0 radical (unpaired) electrons. The van der Waals surface area contributed by atoms with Crippen molar-refractivity contribution < 1.29 is 4.74 Å². The highest BCUT2D eigenvalue weighted by Gasteiger charge is 2.32. The maximum absolute atomic E-state index is 5.97. The van der Waals surface area contributed by atoms with E-state index in [0.717, 1.165) is 18.9 Å². The molecule has 2 saturated heterocycles. The first-order chi connectivity index (χ1) is 8.84. The van der Waals surface area contributed by atoms with Crippen molar-refractivity contribution in [2.24, 2.45) is 7.05 Å². The number of thioether (sulfide) groups is 1. The van der Waals surface area contributed by atoms with Crippen LogP contribution in [0.2, 0.25) is 0 Å². The van der Waals surface area contributed by atoms with E-state index >= 15 is 0 Å².